The van der Waals surface area contributed by atoms with Crippen molar-refractivity contribution in [3.63, 3.8) is 0 Å². The standard InChI is InChI=1S/C12H15N3S2/c13-12-14-6-10(17-12)7-15-4-1-2-11(15)9-3-5-16-8-9/h3,5-6,8,11H,1-2,4,7H2,(H2,13,14). The van der Waals surface area contributed by atoms with Gasteiger partial charge in [0.1, 0.15) is 0 Å². The summed E-state index contributed by atoms with van der Waals surface area (Å²) in [6.07, 6.45) is 4.46. The molecule has 1 fully saturated rings. The molecule has 5 heteroatoms. The molecule has 0 aliphatic carbocycles. The third-order valence-electron chi connectivity index (χ3n) is 3.22. The second-order valence-electron chi connectivity index (χ2n) is 4.35. The number of anilines is 1. The normalized spacial score (nSPS) is 21.1. The first-order valence-corrected chi connectivity index (χ1v) is 7.55. The van der Waals surface area contributed by atoms with Crippen molar-refractivity contribution < 1.29 is 0 Å². The summed E-state index contributed by atoms with van der Waals surface area (Å²) in [6.45, 7) is 2.16. The molecule has 1 aliphatic rings. The van der Waals surface area contributed by atoms with Crippen LogP contribution < -0.4 is 5.73 Å². The fourth-order valence-electron chi connectivity index (χ4n) is 2.45. The van der Waals surface area contributed by atoms with Crippen molar-refractivity contribution in [3.05, 3.63) is 33.5 Å². The molecule has 0 amide bonds. The highest BCUT2D eigenvalue weighted by Gasteiger charge is 2.26. The molecule has 0 aromatic carbocycles. The first kappa shape index (κ1) is 11.2. The maximum absolute atomic E-state index is 5.67. The molecule has 3 heterocycles. The number of rotatable bonds is 3. The van der Waals surface area contributed by atoms with E-state index in [0.29, 0.717) is 11.2 Å². The summed E-state index contributed by atoms with van der Waals surface area (Å²) in [7, 11) is 0. The molecule has 2 N–H and O–H groups in total. The minimum absolute atomic E-state index is 0.588. The van der Waals surface area contributed by atoms with Crippen molar-refractivity contribution >= 4 is 27.8 Å². The van der Waals surface area contributed by atoms with Gasteiger partial charge in [0.15, 0.2) is 5.13 Å². The average Bonchev–Trinajstić information content (AvgIpc) is 3.00. The monoisotopic (exact) mass is 265 g/mol. The first-order valence-electron chi connectivity index (χ1n) is 5.79. The van der Waals surface area contributed by atoms with Gasteiger partial charge in [-0.25, -0.2) is 4.98 Å². The van der Waals surface area contributed by atoms with Crippen LogP contribution in [0, 0.1) is 0 Å². The lowest BCUT2D eigenvalue weighted by molar-refractivity contribution is 0.251. The van der Waals surface area contributed by atoms with E-state index in [2.05, 4.69) is 26.7 Å². The van der Waals surface area contributed by atoms with Gasteiger partial charge in [0, 0.05) is 23.7 Å². The van der Waals surface area contributed by atoms with Gasteiger partial charge in [-0.05, 0) is 41.8 Å². The zero-order valence-electron chi connectivity index (χ0n) is 9.50. The lowest BCUT2D eigenvalue weighted by Gasteiger charge is -2.22. The van der Waals surface area contributed by atoms with Gasteiger partial charge in [-0.1, -0.05) is 0 Å². The fourth-order valence-corrected chi connectivity index (χ4v) is 3.87. The Kier molecular flexibility index (Phi) is 3.13. The van der Waals surface area contributed by atoms with Crippen LogP contribution in [-0.2, 0) is 6.54 Å². The molecular formula is C12H15N3S2. The van der Waals surface area contributed by atoms with Gasteiger partial charge in [0.05, 0.1) is 0 Å². The van der Waals surface area contributed by atoms with E-state index in [0.717, 1.165) is 6.54 Å². The van der Waals surface area contributed by atoms with Gasteiger partial charge in [0.25, 0.3) is 0 Å². The molecule has 0 bridgehead atoms. The van der Waals surface area contributed by atoms with E-state index >= 15 is 0 Å². The Balaban J connectivity index is 1.74. The number of thiazole rings is 1. The maximum Gasteiger partial charge on any atom is 0.180 e. The van der Waals surface area contributed by atoms with Crippen molar-refractivity contribution in [2.45, 2.75) is 25.4 Å². The summed E-state index contributed by atoms with van der Waals surface area (Å²) in [4.78, 5) is 7.92. The third kappa shape index (κ3) is 2.36. The number of likely N-dealkylation sites (tertiary alicyclic amines) is 1. The number of nitrogens with two attached hydrogens (primary N) is 1. The predicted octanol–water partition coefficient (Wildman–Crippen LogP) is 3.12. The SMILES string of the molecule is Nc1ncc(CN2CCCC2c2ccsc2)s1. The summed E-state index contributed by atoms with van der Waals surface area (Å²) in [5, 5.41) is 5.10. The highest BCUT2D eigenvalue weighted by atomic mass is 32.1. The summed E-state index contributed by atoms with van der Waals surface area (Å²) < 4.78 is 0. The summed E-state index contributed by atoms with van der Waals surface area (Å²) in [5.41, 5.74) is 7.14. The minimum Gasteiger partial charge on any atom is -0.375 e. The molecule has 0 saturated carbocycles. The zero-order chi connectivity index (χ0) is 11.7. The van der Waals surface area contributed by atoms with E-state index in [-0.39, 0.29) is 0 Å². The summed E-state index contributed by atoms with van der Waals surface area (Å²) in [6, 6.07) is 2.83. The van der Waals surface area contributed by atoms with Gasteiger partial charge in [-0.3, -0.25) is 4.90 Å². The summed E-state index contributed by atoms with van der Waals surface area (Å²) in [5.74, 6) is 0. The fraction of sp³-hybridized carbons (Fsp3) is 0.417. The summed E-state index contributed by atoms with van der Waals surface area (Å²) >= 11 is 3.38. The Bertz CT molecular complexity index is 478. The van der Waals surface area contributed by atoms with E-state index in [1.165, 1.54) is 29.8 Å². The van der Waals surface area contributed by atoms with Crippen molar-refractivity contribution in [1.29, 1.82) is 0 Å². The Morgan fingerprint density at radius 1 is 1.53 bits per heavy atom. The molecule has 0 radical (unpaired) electrons. The van der Waals surface area contributed by atoms with Gasteiger partial charge < -0.3 is 5.73 Å². The highest BCUT2D eigenvalue weighted by Crippen LogP contribution is 2.34. The molecular weight excluding hydrogens is 250 g/mol. The predicted molar refractivity (Wildman–Crippen MR) is 73.2 cm³/mol. The topological polar surface area (TPSA) is 42.1 Å². The van der Waals surface area contributed by atoms with Crippen LogP contribution in [-0.4, -0.2) is 16.4 Å². The van der Waals surface area contributed by atoms with Crippen LogP contribution >= 0.6 is 22.7 Å². The Morgan fingerprint density at radius 2 is 2.47 bits per heavy atom. The van der Waals surface area contributed by atoms with Crippen LogP contribution in [0.4, 0.5) is 5.13 Å². The van der Waals surface area contributed by atoms with Gasteiger partial charge in [0.2, 0.25) is 0 Å². The van der Waals surface area contributed by atoms with E-state index in [4.69, 9.17) is 5.73 Å². The van der Waals surface area contributed by atoms with Crippen molar-refractivity contribution in [1.82, 2.24) is 9.88 Å². The van der Waals surface area contributed by atoms with Crippen molar-refractivity contribution in [3.8, 4) is 0 Å². The molecule has 3 nitrogen and oxygen atoms in total. The van der Waals surface area contributed by atoms with Crippen LogP contribution in [0.5, 0.6) is 0 Å². The average molecular weight is 265 g/mol. The number of thiophene rings is 1. The molecule has 17 heavy (non-hydrogen) atoms. The third-order valence-corrected chi connectivity index (χ3v) is 4.73. The molecule has 1 atom stereocenters. The Labute approximate surface area is 109 Å². The zero-order valence-corrected chi connectivity index (χ0v) is 11.1. The minimum atomic E-state index is 0.588. The molecule has 1 saturated heterocycles. The van der Waals surface area contributed by atoms with Crippen LogP contribution in [0.2, 0.25) is 0 Å². The van der Waals surface area contributed by atoms with E-state index in [1.54, 1.807) is 22.7 Å². The van der Waals surface area contributed by atoms with Crippen molar-refractivity contribution in [2.75, 3.05) is 12.3 Å². The first-order chi connectivity index (χ1) is 8.33. The molecule has 3 rings (SSSR count). The Hall–Kier alpha value is -0.910. The number of nitrogens with zero attached hydrogens (tertiary/aromatic N) is 2. The lowest BCUT2D eigenvalue weighted by atomic mass is 10.1. The molecule has 2 aromatic heterocycles. The molecule has 1 unspecified atom stereocenters. The molecule has 2 aromatic rings. The van der Waals surface area contributed by atoms with Gasteiger partial charge >= 0.3 is 0 Å². The van der Waals surface area contributed by atoms with Gasteiger partial charge in [-0.15, -0.1) is 11.3 Å². The molecule has 0 spiro atoms. The van der Waals surface area contributed by atoms with Crippen LogP contribution in [0.3, 0.4) is 0 Å². The van der Waals surface area contributed by atoms with Crippen LogP contribution in [0.25, 0.3) is 0 Å². The van der Waals surface area contributed by atoms with Crippen LogP contribution in [0.15, 0.2) is 23.0 Å². The largest absolute Gasteiger partial charge is 0.375 e. The van der Waals surface area contributed by atoms with E-state index in [9.17, 15) is 0 Å². The number of hydrogen-bond acceptors (Lipinski definition) is 5. The van der Waals surface area contributed by atoms with E-state index < -0.39 is 0 Å². The van der Waals surface area contributed by atoms with Crippen molar-refractivity contribution in [2.24, 2.45) is 0 Å². The highest BCUT2D eigenvalue weighted by molar-refractivity contribution is 7.15. The van der Waals surface area contributed by atoms with Crippen LogP contribution in [0.1, 0.15) is 29.3 Å². The Morgan fingerprint density at radius 3 is 3.18 bits per heavy atom. The molecule has 1 aliphatic heterocycles. The number of hydrogen-bond donors (Lipinski definition) is 1. The van der Waals surface area contributed by atoms with E-state index in [1.807, 2.05) is 6.20 Å². The maximum atomic E-state index is 5.67. The second kappa shape index (κ2) is 4.76. The quantitative estimate of drug-likeness (QED) is 0.927. The number of aromatic nitrogens is 1. The molecule has 90 valence electrons. The second-order valence-corrected chi connectivity index (χ2v) is 6.28. The van der Waals surface area contributed by atoms with Gasteiger partial charge in [-0.2, -0.15) is 11.3 Å². The lowest BCUT2D eigenvalue weighted by Crippen LogP contribution is -2.21. The smallest absolute Gasteiger partial charge is 0.180 e. The number of nitrogen functional groups attached to an aromatic ring is 1.